The number of carboxylic acid groups (broad SMARTS) is 2. The van der Waals surface area contributed by atoms with Gasteiger partial charge in [-0.15, -0.1) is 0 Å². The van der Waals surface area contributed by atoms with Crippen LogP contribution in [0.1, 0.15) is 20.7 Å². The molecule has 41 heavy (non-hydrogen) atoms. The number of azo groups is 1. The summed E-state index contributed by atoms with van der Waals surface area (Å²) in [6.07, 6.45) is 0. The van der Waals surface area contributed by atoms with Gasteiger partial charge < -0.3 is 34.9 Å². The number of rotatable bonds is 6. The molecule has 0 aromatic heterocycles. The second-order valence-corrected chi connectivity index (χ2v) is 8.17. The van der Waals surface area contributed by atoms with E-state index < -0.39 is 34.6 Å². The van der Waals surface area contributed by atoms with E-state index in [9.17, 15) is 34.8 Å². The standard InChI is InChI=1S/C14H10N2O6.C11H9ClN4O.2Na/c17-11-3-1-7(5-9(11)13(19)20)15-16-8-2-4-12(18)10(6-8)14(21)22;12-8-1-3-9(4-2-8)16-10(14)7-15(6-5-13)11(16)17;;/h1-6,17-18H,(H,19,20)(H,21,22);1-4,14H,6-7H2;;/q;;2*+1/p-2. The maximum absolute atomic E-state index is 11.9. The van der Waals surface area contributed by atoms with Gasteiger partial charge in [0.25, 0.3) is 0 Å². The van der Waals surface area contributed by atoms with Crippen LogP contribution in [-0.4, -0.2) is 52.0 Å². The molecule has 0 aliphatic carbocycles. The van der Waals surface area contributed by atoms with Crippen LogP contribution in [0.25, 0.3) is 0 Å². The van der Waals surface area contributed by atoms with E-state index in [1.165, 1.54) is 21.9 Å². The number of benzene rings is 3. The molecule has 1 heterocycles. The minimum atomic E-state index is -1.57. The Hall–Kier alpha value is -3.48. The van der Waals surface area contributed by atoms with Crippen LogP contribution >= 0.6 is 11.6 Å². The Morgan fingerprint density at radius 2 is 1.39 bits per heavy atom. The van der Waals surface area contributed by atoms with Crippen molar-refractivity contribution in [3.63, 3.8) is 0 Å². The number of nitrogens with zero attached hydrogens (tertiary/aromatic N) is 5. The summed E-state index contributed by atoms with van der Waals surface area (Å²) >= 11 is 5.76. The normalized spacial score (nSPS) is 12.1. The summed E-state index contributed by atoms with van der Waals surface area (Å²) in [6, 6.07) is 15.2. The minimum Gasteiger partial charge on any atom is -0.545 e. The zero-order valence-electron chi connectivity index (χ0n) is 21.7. The summed E-state index contributed by atoms with van der Waals surface area (Å²) in [6.45, 7) is 0.153. The number of carboxylic acids is 2. The molecular weight excluding hydrogens is 578 g/mol. The van der Waals surface area contributed by atoms with Crippen LogP contribution in [0.3, 0.4) is 0 Å². The molecule has 0 radical (unpaired) electrons. The quantitative estimate of drug-likeness (QED) is 0.146. The molecule has 1 aliphatic heterocycles. The van der Waals surface area contributed by atoms with Gasteiger partial charge in [0.2, 0.25) is 0 Å². The van der Waals surface area contributed by atoms with Crippen molar-refractivity contribution in [1.29, 1.82) is 10.7 Å². The van der Waals surface area contributed by atoms with E-state index in [4.69, 9.17) is 22.3 Å². The third kappa shape index (κ3) is 9.27. The molecule has 2 amide bonds. The number of nitrogens with one attached hydrogen (secondary N) is 1. The molecule has 0 bridgehead atoms. The monoisotopic (exact) mass is 594 g/mol. The Labute approximate surface area is 282 Å². The first-order valence-corrected chi connectivity index (χ1v) is 11.2. The number of hydrogen-bond acceptors (Lipinski definition) is 11. The Morgan fingerprint density at radius 3 is 1.80 bits per heavy atom. The summed E-state index contributed by atoms with van der Waals surface area (Å²) in [4.78, 5) is 36.0. The smallest absolute Gasteiger partial charge is 0.545 e. The molecule has 0 atom stereocenters. The van der Waals surface area contributed by atoms with Crippen molar-refractivity contribution < 1.29 is 93.9 Å². The number of halogens is 1. The number of carbonyl (C=O) groups excluding carboxylic acids is 3. The SMILES string of the molecule is N#CCN1CC(=N)N(c2ccc(Cl)cc2)C1=O.O=C([O-])c1cc(N=Nc2ccc(O)c(C(=O)[O-])c2)ccc1O.[Na+].[Na+]. The topological polar surface area (TPSA) is 217 Å². The average molecular weight is 595 g/mol. The summed E-state index contributed by atoms with van der Waals surface area (Å²) < 4.78 is 0. The number of amides is 2. The fourth-order valence-electron chi connectivity index (χ4n) is 3.26. The third-order valence-corrected chi connectivity index (χ3v) is 5.35. The fraction of sp³-hybridized carbons (Fsp3) is 0.0800. The predicted molar refractivity (Wildman–Crippen MR) is 133 cm³/mol. The summed E-state index contributed by atoms with van der Waals surface area (Å²) in [5.41, 5.74) is -0.0832. The van der Waals surface area contributed by atoms with E-state index in [1.807, 2.05) is 6.07 Å². The van der Waals surface area contributed by atoms with Gasteiger partial charge in [0, 0.05) is 16.1 Å². The van der Waals surface area contributed by atoms with E-state index >= 15 is 0 Å². The molecule has 0 spiro atoms. The fourth-order valence-corrected chi connectivity index (χ4v) is 3.38. The third-order valence-electron chi connectivity index (χ3n) is 5.10. The number of urea groups is 1. The number of phenols is 2. The van der Waals surface area contributed by atoms with Crippen molar-refractivity contribution in [2.24, 2.45) is 10.2 Å². The average Bonchev–Trinajstić information content (AvgIpc) is 3.17. The van der Waals surface area contributed by atoms with Gasteiger partial charge in [-0.2, -0.15) is 15.5 Å². The number of hydrogen-bond donors (Lipinski definition) is 3. The number of aromatic carboxylic acids is 2. The van der Waals surface area contributed by atoms with Crippen molar-refractivity contribution >= 4 is 52.5 Å². The van der Waals surface area contributed by atoms with Crippen LogP contribution in [0.4, 0.5) is 21.9 Å². The second-order valence-electron chi connectivity index (χ2n) is 7.73. The van der Waals surface area contributed by atoms with Gasteiger partial charge in [0.05, 0.1) is 41.6 Å². The summed E-state index contributed by atoms with van der Waals surface area (Å²) in [7, 11) is 0. The van der Waals surface area contributed by atoms with Gasteiger partial charge >= 0.3 is 65.1 Å². The summed E-state index contributed by atoms with van der Waals surface area (Å²) in [5, 5.41) is 64.5. The van der Waals surface area contributed by atoms with E-state index in [-0.39, 0.29) is 95.4 Å². The van der Waals surface area contributed by atoms with Crippen molar-refractivity contribution in [3.8, 4) is 17.6 Å². The molecular formula is C25H17ClN6Na2O7. The Balaban J connectivity index is 0.000000402. The van der Waals surface area contributed by atoms with Crippen LogP contribution < -0.4 is 74.2 Å². The molecule has 3 aromatic rings. The first-order chi connectivity index (χ1) is 18.5. The Morgan fingerprint density at radius 1 is 0.927 bits per heavy atom. The van der Waals surface area contributed by atoms with Crippen molar-refractivity contribution in [3.05, 3.63) is 76.8 Å². The molecule has 16 heteroatoms. The van der Waals surface area contributed by atoms with E-state index in [1.54, 1.807) is 24.3 Å². The van der Waals surface area contributed by atoms with Gasteiger partial charge in [-0.1, -0.05) is 11.6 Å². The van der Waals surface area contributed by atoms with E-state index in [2.05, 4.69) is 10.2 Å². The molecule has 4 rings (SSSR count). The minimum absolute atomic E-state index is 0. The van der Waals surface area contributed by atoms with E-state index in [0.29, 0.717) is 10.7 Å². The van der Waals surface area contributed by atoms with Gasteiger partial charge in [-0.05, 0) is 60.7 Å². The molecule has 1 aliphatic rings. The summed E-state index contributed by atoms with van der Waals surface area (Å²) in [5.74, 6) is -3.92. The number of nitriles is 1. The number of carbonyl (C=O) groups is 3. The zero-order valence-corrected chi connectivity index (χ0v) is 26.5. The van der Waals surface area contributed by atoms with Crippen LogP contribution in [0, 0.1) is 16.7 Å². The molecule has 1 saturated heterocycles. The first kappa shape index (κ1) is 35.5. The van der Waals surface area contributed by atoms with Gasteiger partial charge in [0.1, 0.15) is 23.9 Å². The Kier molecular flexibility index (Phi) is 13.9. The molecule has 1 fully saturated rings. The van der Waals surface area contributed by atoms with Crippen molar-refractivity contribution in [2.75, 3.05) is 18.0 Å². The predicted octanol–water partition coefficient (Wildman–Crippen LogP) is -3.67. The van der Waals surface area contributed by atoms with Crippen LogP contribution in [-0.2, 0) is 0 Å². The number of aromatic hydroxyl groups is 2. The van der Waals surface area contributed by atoms with Crippen molar-refractivity contribution in [2.45, 2.75) is 0 Å². The maximum Gasteiger partial charge on any atom is 1.00 e. The van der Waals surface area contributed by atoms with Crippen LogP contribution in [0.15, 0.2) is 70.9 Å². The van der Waals surface area contributed by atoms with E-state index in [0.717, 1.165) is 24.3 Å². The molecule has 3 aromatic carbocycles. The first-order valence-electron chi connectivity index (χ1n) is 10.8. The Bertz CT molecular complexity index is 1460. The molecule has 13 nitrogen and oxygen atoms in total. The van der Waals surface area contributed by atoms with Crippen LogP contribution in [0.5, 0.6) is 11.5 Å². The van der Waals surface area contributed by atoms with Gasteiger partial charge in [-0.3, -0.25) is 5.41 Å². The molecule has 198 valence electrons. The second kappa shape index (κ2) is 16.1. The number of amidine groups is 1. The molecule has 0 saturated carbocycles. The van der Waals surface area contributed by atoms with Crippen molar-refractivity contribution in [1.82, 2.24) is 4.90 Å². The van der Waals surface area contributed by atoms with Crippen LogP contribution in [0.2, 0.25) is 5.02 Å². The van der Waals surface area contributed by atoms with Gasteiger partial charge in [-0.25, -0.2) is 9.69 Å². The molecule has 3 N–H and O–H groups in total. The van der Waals surface area contributed by atoms with Gasteiger partial charge in [0.15, 0.2) is 0 Å². The molecule has 0 unspecified atom stereocenters. The zero-order chi connectivity index (χ0) is 28.7. The maximum atomic E-state index is 11.9. The largest absolute Gasteiger partial charge is 1.00 e. The number of anilines is 1.